The van der Waals surface area contributed by atoms with Crippen LogP contribution in [-0.2, 0) is 10.0 Å². The second kappa shape index (κ2) is 5.22. The number of nitrogens with one attached hydrogen (secondary N) is 2. The van der Waals surface area contributed by atoms with Crippen molar-refractivity contribution in [2.45, 2.75) is 24.8 Å². The monoisotopic (exact) mass is 298 g/mol. The standard InChI is InChI=1S/C12H15FN4O2S/c1-7-3-10(4-11(14)12(7)13)20(18,19)17-8(2)9-5-15-16-6-9/h3-6,8,17H,14H2,1-2H3,(H,15,16). The molecule has 0 bridgehead atoms. The summed E-state index contributed by atoms with van der Waals surface area (Å²) in [5.74, 6) is -0.605. The molecule has 20 heavy (non-hydrogen) atoms. The zero-order valence-electron chi connectivity index (χ0n) is 11.0. The van der Waals surface area contributed by atoms with Gasteiger partial charge in [-0.05, 0) is 31.5 Å². The van der Waals surface area contributed by atoms with Crippen LogP contribution >= 0.6 is 0 Å². The molecular weight excluding hydrogens is 283 g/mol. The summed E-state index contributed by atoms with van der Waals surface area (Å²) in [6.07, 6.45) is 3.12. The molecule has 0 spiro atoms. The SMILES string of the molecule is Cc1cc(S(=O)(=O)NC(C)c2cn[nH]c2)cc(N)c1F. The number of hydrogen-bond acceptors (Lipinski definition) is 4. The number of halogens is 1. The molecule has 0 saturated carbocycles. The molecule has 2 aromatic rings. The first-order valence-corrected chi connectivity index (χ1v) is 7.36. The van der Waals surface area contributed by atoms with Gasteiger partial charge >= 0.3 is 0 Å². The molecule has 1 atom stereocenters. The lowest BCUT2D eigenvalue weighted by Crippen LogP contribution is -2.27. The second-order valence-corrected chi connectivity index (χ2v) is 6.23. The van der Waals surface area contributed by atoms with E-state index in [1.165, 1.54) is 19.2 Å². The van der Waals surface area contributed by atoms with Crippen molar-refractivity contribution in [3.05, 3.63) is 41.5 Å². The first-order valence-electron chi connectivity index (χ1n) is 5.88. The van der Waals surface area contributed by atoms with Crippen molar-refractivity contribution in [1.82, 2.24) is 14.9 Å². The summed E-state index contributed by atoms with van der Waals surface area (Å²) in [5, 5.41) is 6.36. The molecule has 8 heteroatoms. The number of benzene rings is 1. The lowest BCUT2D eigenvalue weighted by atomic mass is 10.2. The highest BCUT2D eigenvalue weighted by Crippen LogP contribution is 2.22. The largest absolute Gasteiger partial charge is 0.396 e. The molecule has 108 valence electrons. The highest BCUT2D eigenvalue weighted by Gasteiger charge is 2.21. The minimum Gasteiger partial charge on any atom is -0.396 e. The van der Waals surface area contributed by atoms with Crippen molar-refractivity contribution in [3.63, 3.8) is 0 Å². The Morgan fingerprint density at radius 1 is 1.45 bits per heavy atom. The van der Waals surface area contributed by atoms with Gasteiger partial charge in [0.05, 0.1) is 16.8 Å². The summed E-state index contributed by atoms with van der Waals surface area (Å²) in [6.45, 7) is 3.15. The maximum absolute atomic E-state index is 13.4. The summed E-state index contributed by atoms with van der Waals surface area (Å²) in [7, 11) is -3.79. The minimum atomic E-state index is -3.79. The minimum absolute atomic E-state index is 0.0655. The first-order chi connectivity index (χ1) is 9.31. The Morgan fingerprint density at radius 2 is 2.15 bits per heavy atom. The highest BCUT2D eigenvalue weighted by atomic mass is 32.2. The zero-order chi connectivity index (χ0) is 14.9. The third-order valence-corrected chi connectivity index (χ3v) is 4.44. The van der Waals surface area contributed by atoms with Gasteiger partial charge in [0.1, 0.15) is 5.82 Å². The number of nitrogens with two attached hydrogens (primary N) is 1. The Morgan fingerprint density at radius 3 is 2.70 bits per heavy atom. The molecule has 6 nitrogen and oxygen atoms in total. The average molecular weight is 298 g/mol. The Labute approximate surface area is 116 Å². The van der Waals surface area contributed by atoms with Gasteiger partial charge in [0, 0.05) is 17.8 Å². The van der Waals surface area contributed by atoms with Crippen molar-refractivity contribution < 1.29 is 12.8 Å². The van der Waals surface area contributed by atoms with E-state index in [4.69, 9.17) is 5.73 Å². The number of anilines is 1. The number of rotatable bonds is 4. The maximum Gasteiger partial charge on any atom is 0.241 e. The van der Waals surface area contributed by atoms with Crippen LogP contribution in [0.15, 0.2) is 29.4 Å². The average Bonchev–Trinajstić information content (AvgIpc) is 2.88. The Kier molecular flexibility index (Phi) is 3.78. The van der Waals surface area contributed by atoms with E-state index < -0.39 is 21.9 Å². The number of aryl methyl sites for hydroxylation is 1. The van der Waals surface area contributed by atoms with Crippen LogP contribution in [-0.4, -0.2) is 18.6 Å². The molecule has 0 saturated heterocycles. The maximum atomic E-state index is 13.4. The molecule has 0 aliphatic carbocycles. The number of nitrogens with zero attached hydrogens (tertiary/aromatic N) is 1. The van der Waals surface area contributed by atoms with E-state index in [0.717, 1.165) is 6.07 Å². The van der Waals surface area contributed by atoms with Crippen LogP contribution in [0.4, 0.5) is 10.1 Å². The van der Waals surface area contributed by atoms with Gasteiger partial charge < -0.3 is 5.73 Å². The summed E-state index contributed by atoms with van der Waals surface area (Å²) in [5.41, 5.74) is 6.14. The lowest BCUT2D eigenvalue weighted by molar-refractivity contribution is 0.566. The number of sulfonamides is 1. The van der Waals surface area contributed by atoms with Crippen LogP contribution in [0, 0.1) is 12.7 Å². The highest BCUT2D eigenvalue weighted by molar-refractivity contribution is 7.89. The Bertz CT molecular complexity index is 690. The van der Waals surface area contributed by atoms with Crippen molar-refractivity contribution in [3.8, 4) is 0 Å². The molecule has 4 N–H and O–H groups in total. The van der Waals surface area contributed by atoms with E-state index in [9.17, 15) is 12.8 Å². The van der Waals surface area contributed by atoms with Gasteiger partial charge in [0.2, 0.25) is 10.0 Å². The van der Waals surface area contributed by atoms with E-state index in [1.807, 2.05) is 0 Å². The van der Waals surface area contributed by atoms with Gasteiger partial charge in [-0.1, -0.05) is 0 Å². The van der Waals surface area contributed by atoms with Gasteiger partial charge in [-0.2, -0.15) is 5.10 Å². The molecule has 0 radical (unpaired) electrons. The van der Waals surface area contributed by atoms with E-state index in [1.54, 1.807) is 13.1 Å². The summed E-state index contributed by atoms with van der Waals surface area (Å²) in [4.78, 5) is -0.0655. The fourth-order valence-corrected chi connectivity index (χ4v) is 3.14. The number of H-pyrrole nitrogens is 1. The molecular formula is C12H15FN4O2S. The fourth-order valence-electron chi connectivity index (χ4n) is 1.78. The normalized spacial score (nSPS) is 13.3. The fraction of sp³-hybridized carbons (Fsp3) is 0.250. The summed E-state index contributed by atoms with van der Waals surface area (Å²) in [6, 6.07) is 1.88. The van der Waals surface area contributed by atoms with Crippen LogP contribution in [0.25, 0.3) is 0 Å². The quantitative estimate of drug-likeness (QED) is 0.744. The summed E-state index contributed by atoms with van der Waals surface area (Å²) < 4.78 is 40.4. The third kappa shape index (κ3) is 2.81. The van der Waals surface area contributed by atoms with Gasteiger partial charge in [0.25, 0.3) is 0 Å². The molecule has 1 aromatic heterocycles. The first kappa shape index (κ1) is 14.5. The van der Waals surface area contributed by atoms with Gasteiger partial charge in [-0.15, -0.1) is 0 Å². The number of nitrogen functional groups attached to an aromatic ring is 1. The van der Waals surface area contributed by atoms with Crippen LogP contribution in [0.5, 0.6) is 0 Å². The van der Waals surface area contributed by atoms with Crippen LogP contribution < -0.4 is 10.5 Å². The number of hydrogen-bond donors (Lipinski definition) is 3. The van der Waals surface area contributed by atoms with Crippen molar-refractivity contribution in [2.24, 2.45) is 0 Å². The molecule has 0 amide bonds. The van der Waals surface area contributed by atoms with Crippen LogP contribution in [0.3, 0.4) is 0 Å². The van der Waals surface area contributed by atoms with Crippen molar-refractivity contribution in [2.75, 3.05) is 5.73 Å². The topological polar surface area (TPSA) is 101 Å². The zero-order valence-corrected chi connectivity index (χ0v) is 11.8. The van der Waals surface area contributed by atoms with Gasteiger partial charge in [0.15, 0.2) is 0 Å². The summed E-state index contributed by atoms with van der Waals surface area (Å²) >= 11 is 0. The molecule has 0 fully saturated rings. The van der Waals surface area contributed by atoms with E-state index >= 15 is 0 Å². The van der Waals surface area contributed by atoms with Crippen LogP contribution in [0.1, 0.15) is 24.1 Å². The molecule has 0 aliphatic heterocycles. The Balaban J connectivity index is 2.31. The lowest BCUT2D eigenvalue weighted by Gasteiger charge is -2.14. The van der Waals surface area contributed by atoms with Crippen molar-refractivity contribution in [1.29, 1.82) is 0 Å². The predicted molar refractivity (Wildman–Crippen MR) is 72.9 cm³/mol. The van der Waals surface area contributed by atoms with Gasteiger partial charge in [-0.25, -0.2) is 17.5 Å². The molecule has 2 rings (SSSR count). The number of aromatic nitrogens is 2. The van der Waals surface area contributed by atoms with Crippen molar-refractivity contribution >= 4 is 15.7 Å². The molecule has 1 heterocycles. The predicted octanol–water partition coefficient (Wildman–Crippen LogP) is 1.48. The molecule has 1 unspecified atom stereocenters. The van der Waals surface area contributed by atoms with E-state index in [0.29, 0.717) is 5.56 Å². The third-order valence-electron chi connectivity index (χ3n) is 2.92. The number of aromatic amines is 1. The second-order valence-electron chi connectivity index (χ2n) is 4.52. The van der Waals surface area contributed by atoms with Crippen LogP contribution in [0.2, 0.25) is 0 Å². The molecule has 0 aliphatic rings. The van der Waals surface area contributed by atoms with E-state index in [2.05, 4.69) is 14.9 Å². The smallest absolute Gasteiger partial charge is 0.241 e. The Hall–Kier alpha value is -1.93. The molecule has 1 aromatic carbocycles. The van der Waals surface area contributed by atoms with E-state index in [-0.39, 0.29) is 16.1 Å². The van der Waals surface area contributed by atoms with Gasteiger partial charge in [-0.3, -0.25) is 5.10 Å².